The highest BCUT2D eigenvalue weighted by Crippen LogP contribution is 2.22. The van der Waals surface area contributed by atoms with Gasteiger partial charge in [-0.05, 0) is 24.3 Å². The topological polar surface area (TPSA) is 75.8 Å². The minimum atomic E-state index is -0.692. The Morgan fingerprint density at radius 3 is 2.59 bits per heavy atom. The van der Waals surface area contributed by atoms with Crippen LogP contribution in [0.15, 0.2) is 24.3 Å². The third-order valence-corrected chi connectivity index (χ3v) is 3.27. The first-order valence-electron chi connectivity index (χ1n) is 4.77. The third-order valence-electron chi connectivity index (χ3n) is 1.88. The number of alkyl halides is 1. The third kappa shape index (κ3) is 4.57. The number of ether oxygens (including phenoxy) is 1. The minimum Gasteiger partial charge on any atom is -0.491 e. The van der Waals surface area contributed by atoms with Gasteiger partial charge in [-0.1, -0.05) is 0 Å². The van der Waals surface area contributed by atoms with E-state index < -0.39 is 12.1 Å². The van der Waals surface area contributed by atoms with Crippen molar-refractivity contribution in [2.24, 2.45) is 5.73 Å². The molecule has 0 saturated carbocycles. The van der Waals surface area contributed by atoms with Crippen molar-refractivity contribution < 1.29 is 14.6 Å². The van der Waals surface area contributed by atoms with Crippen LogP contribution in [0.2, 0.25) is 0 Å². The highest BCUT2D eigenvalue weighted by molar-refractivity contribution is 14.1. The molecule has 5 nitrogen and oxygen atoms in total. The molecule has 0 spiro atoms. The lowest BCUT2D eigenvalue weighted by atomic mass is 10.3. The first-order valence-corrected chi connectivity index (χ1v) is 6.26. The predicted molar refractivity (Wildman–Crippen MR) is 74.7 cm³/mol. The molecule has 0 aromatic heterocycles. The number of amides is 2. The number of rotatable bonds is 5. The van der Waals surface area contributed by atoms with Crippen molar-refractivity contribution in [1.29, 1.82) is 0 Å². The van der Waals surface area contributed by atoms with E-state index >= 15 is 0 Å². The first-order chi connectivity index (χ1) is 8.04. The Balaban J connectivity index is 2.59. The van der Waals surface area contributed by atoms with Crippen molar-refractivity contribution >= 4 is 46.2 Å². The zero-order valence-corrected chi connectivity index (χ0v) is 11.8. The van der Waals surface area contributed by atoms with E-state index in [0.717, 1.165) is 0 Å². The molecule has 3 N–H and O–H groups in total. The number of nitrogens with zero attached hydrogens (tertiary/aromatic N) is 1. The number of hydrogen-bond acceptors (Lipinski definition) is 3. The first kappa shape index (κ1) is 14.3. The Kier molecular flexibility index (Phi) is 5.79. The number of anilines is 1. The van der Waals surface area contributed by atoms with Crippen LogP contribution in [0.4, 0.5) is 10.5 Å². The van der Waals surface area contributed by atoms with Crippen molar-refractivity contribution in [1.82, 2.24) is 0 Å². The number of aliphatic hydroxyl groups excluding tert-OH is 1. The van der Waals surface area contributed by atoms with E-state index in [-0.39, 0.29) is 12.5 Å². The summed E-state index contributed by atoms with van der Waals surface area (Å²) in [7, 11) is 0. The van der Waals surface area contributed by atoms with Gasteiger partial charge in [0.1, 0.15) is 18.5 Å². The maximum absolute atomic E-state index is 10.9. The summed E-state index contributed by atoms with van der Waals surface area (Å²) in [4.78, 5) is 10.9. The summed E-state index contributed by atoms with van der Waals surface area (Å²) in [5, 5.41) is 9.21. The zero-order chi connectivity index (χ0) is 12.8. The number of halogens is 2. The SMILES string of the molecule is NC(=O)N(I)c1ccc(OCC(O)CCl)cc1. The van der Waals surface area contributed by atoms with Gasteiger partial charge in [-0.25, -0.2) is 7.91 Å². The molecule has 2 amide bonds. The standard InChI is InChI=1S/C10H12ClIN2O3/c11-5-8(15)6-17-9-3-1-7(2-4-9)14(12)10(13)16/h1-4,8,15H,5-6H2,(H2,13,16). The van der Waals surface area contributed by atoms with Crippen LogP contribution in [0, 0.1) is 0 Å². The number of benzene rings is 1. The number of hydrogen-bond donors (Lipinski definition) is 2. The van der Waals surface area contributed by atoms with Crippen molar-refractivity contribution in [3.63, 3.8) is 0 Å². The van der Waals surface area contributed by atoms with E-state index in [4.69, 9.17) is 22.1 Å². The van der Waals surface area contributed by atoms with E-state index in [2.05, 4.69) is 0 Å². The van der Waals surface area contributed by atoms with E-state index in [1.807, 2.05) is 22.9 Å². The van der Waals surface area contributed by atoms with Crippen LogP contribution in [-0.4, -0.2) is 29.7 Å². The van der Waals surface area contributed by atoms with Crippen LogP contribution in [0.25, 0.3) is 0 Å². The molecule has 1 atom stereocenters. The van der Waals surface area contributed by atoms with E-state index in [1.165, 1.54) is 3.11 Å². The summed E-state index contributed by atoms with van der Waals surface area (Å²) in [5.41, 5.74) is 5.78. The van der Waals surface area contributed by atoms with Gasteiger partial charge in [0.25, 0.3) is 0 Å². The number of aliphatic hydroxyl groups is 1. The highest BCUT2D eigenvalue weighted by Gasteiger charge is 2.08. The van der Waals surface area contributed by atoms with Crippen molar-refractivity contribution in [2.45, 2.75) is 6.10 Å². The molecule has 1 aromatic carbocycles. The Bertz CT molecular complexity index is 374. The maximum Gasteiger partial charge on any atom is 0.328 e. The van der Waals surface area contributed by atoms with Gasteiger partial charge in [0.2, 0.25) is 0 Å². The summed E-state index contributed by atoms with van der Waals surface area (Å²) >= 11 is 7.24. The van der Waals surface area contributed by atoms with Crippen molar-refractivity contribution in [3.05, 3.63) is 24.3 Å². The second-order valence-corrected chi connectivity index (χ2v) is 4.51. The van der Waals surface area contributed by atoms with Crippen molar-refractivity contribution in [3.8, 4) is 5.75 Å². The van der Waals surface area contributed by atoms with Gasteiger partial charge in [-0.2, -0.15) is 0 Å². The lowest BCUT2D eigenvalue weighted by Crippen LogP contribution is -2.26. The van der Waals surface area contributed by atoms with Gasteiger partial charge in [-0.3, -0.25) is 0 Å². The summed E-state index contributed by atoms with van der Waals surface area (Å²) in [6, 6.07) is 6.21. The van der Waals surface area contributed by atoms with E-state index in [1.54, 1.807) is 24.3 Å². The Morgan fingerprint density at radius 1 is 1.53 bits per heavy atom. The molecule has 0 heterocycles. The molecule has 0 aliphatic heterocycles. The Labute approximate surface area is 118 Å². The molecule has 17 heavy (non-hydrogen) atoms. The molecule has 0 bridgehead atoms. The fourth-order valence-electron chi connectivity index (χ4n) is 1.04. The fourth-order valence-corrected chi connectivity index (χ4v) is 1.45. The largest absolute Gasteiger partial charge is 0.491 e. The van der Waals surface area contributed by atoms with Crippen LogP contribution >= 0.6 is 34.5 Å². The Morgan fingerprint density at radius 2 is 2.12 bits per heavy atom. The fraction of sp³-hybridized carbons (Fsp3) is 0.300. The van der Waals surface area contributed by atoms with Crippen LogP contribution in [-0.2, 0) is 0 Å². The average Bonchev–Trinajstić information content (AvgIpc) is 2.35. The van der Waals surface area contributed by atoms with Gasteiger partial charge in [-0.15, -0.1) is 11.6 Å². The molecular weight excluding hydrogens is 358 g/mol. The summed E-state index contributed by atoms with van der Waals surface area (Å²) in [6.45, 7) is 0.132. The van der Waals surface area contributed by atoms with Gasteiger partial charge in [0.15, 0.2) is 0 Å². The predicted octanol–water partition coefficient (Wildman–Crippen LogP) is 1.90. The smallest absolute Gasteiger partial charge is 0.328 e. The molecule has 0 radical (unpaired) electrons. The number of carbonyl (C=O) groups excluding carboxylic acids is 1. The van der Waals surface area contributed by atoms with E-state index in [0.29, 0.717) is 11.4 Å². The quantitative estimate of drug-likeness (QED) is 0.472. The van der Waals surface area contributed by atoms with Crippen LogP contribution in [0.3, 0.4) is 0 Å². The summed E-state index contributed by atoms with van der Waals surface area (Å²) in [5.74, 6) is 0.716. The van der Waals surface area contributed by atoms with Gasteiger partial charge < -0.3 is 15.6 Å². The average molecular weight is 371 g/mol. The molecular formula is C10H12ClIN2O3. The zero-order valence-electron chi connectivity index (χ0n) is 8.85. The molecule has 94 valence electrons. The molecule has 7 heteroatoms. The van der Waals surface area contributed by atoms with Crippen LogP contribution < -0.4 is 13.6 Å². The van der Waals surface area contributed by atoms with E-state index in [9.17, 15) is 9.90 Å². The number of carbonyl (C=O) groups is 1. The monoisotopic (exact) mass is 370 g/mol. The second kappa shape index (κ2) is 6.87. The minimum absolute atomic E-state index is 0.126. The van der Waals surface area contributed by atoms with Crippen LogP contribution in [0.5, 0.6) is 5.75 Å². The number of primary amides is 1. The maximum atomic E-state index is 10.9. The van der Waals surface area contributed by atoms with Gasteiger partial charge in [0, 0.05) is 0 Å². The molecule has 0 fully saturated rings. The molecule has 1 rings (SSSR count). The number of nitrogens with two attached hydrogens (primary N) is 1. The number of urea groups is 1. The summed E-state index contributed by atoms with van der Waals surface area (Å²) in [6.07, 6.45) is -0.692. The Hall–Kier alpha value is -0.730. The highest BCUT2D eigenvalue weighted by atomic mass is 127. The molecule has 1 aromatic rings. The van der Waals surface area contributed by atoms with Crippen molar-refractivity contribution in [2.75, 3.05) is 15.6 Å². The second-order valence-electron chi connectivity index (χ2n) is 3.23. The normalized spacial score (nSPS) is 11.9. The molecule has 0 aliphatic carbocycles. The lowest BCUT2D eigenvalue weighted by Gasteiger charge is -2.13. The molecule has 0 aliphatic rings. The molecule has 0 saturated heterocycles. The van der Waals surface area contributed by atoms with Gasteiger partial charge >= 0.3 is 6.03 Å². The molecule has 1 unspecified atom stereocenters. The van der Waals surface area contributed by atoms with Gasteiger partial charge in [0.05, 0.1) is 34.4 Å². The lowest BCUT2D eigenvalue weighted by molar-refractivity contribution is 0.125. The summed E-state index contributed by atoms with van der Waals surface area (Å²) < 4.78 is 6.57. The van der Waals surface area contributed by atoms with Crippen LogP contribution in [0.1, 0.15) is 0 Å².